The molecule has 0 amide bonds. The number of nitrogens with zero attached hydrogens (tertiary/aromatic N) is 2. The first-order valence-electron chi connectivity index (χ1n) is 5.80. The van der Waals surface area contributed by atoms with E-state index in [0.29, 0.717) is 12.2 Å². The molecule has 1 aromatic heterocycles. The number of aromatic nitrogens is 2. The number of nitrogens with one attached hydrogen (secondary N) is 1. The normalized spacial score (nSPS) is 10.6. The van der Waals surface area contributed by atoms with Crippen LogP contribution < -0.4 is 0 Å². The highest BCUT2D eigenvalue weighted by Crippen LogP contribution is 2.15. The summed E-state index contributed by atoms with van der Waals surface area (Å²) in [6.07, 6.45) is 1.78. The minimum Gasteiger partial charge on any atom is -0.381 e. The summed E-state index contributed by atoms with van der Waals surface area (Å²) in [6.45, 7) is 3.53. The van der Waals surface area contributed by atoms with Crippen LogP contribution in [-0.4, -0.2) is 23.2 Å². The predicted octanol–water partition coefficient (Wildman–Crippen LogP) is 2.40. The van der Waals surface area contributed by atoms with Crippen LogP contribution in [0.4, 0.5) is 0 Å². The summed E-state index contributed by atoms with van der Waals surface area (Å²) in [5, 5.41) is 8.96. The Kier molecular flexibility index (Phi) is 3.73. The zero-order chi connectivity index (χ0) is 12.1. The molecule has 0 atom stereocenters. The number of benzene rings is 1. The molecular formula is C13H15N3O. The quantitative estimate of drug-likeness (QED) is 0.801. The number of rotatable bonds is 5. The summed E-state index contributed by atoms with van der Waals surface area (Å²) < 4.78 is 5.41. The van der Waals surface area contributed by atoms with E-state index in [0.717, 1.165) is 36.3 Å². The Bertz CT molecular complexity index is 539. The number of fused-ring (bicyclic) bond motifs is 1. The number of H-pyrrole nitrogens is 1. The van der Waals surface area contributed by atoms with Gasteiger partial charge in [-0.25, -0.2) is 4.98 Å². The summed E-state index contributed by atoms with van der Waals surface area (Å²) in [5.41, 5.74) is 2.27. The van der Waals surface area contributed by atoms with E-state index < -0.39 is 0 Å². The first kappa shape index (κ1) is 11.6. The first-order chi connectivity index (χ1) is 8.35. The van der Waals surface area contributed by atoms with Crippen molar-refractivity contribution < 1.29 is 4.74 Å². The fourth-order valence-corrected chi connectivity index (χ4v) is 1.71. The van der Waals surface area contributed by atoms with Gasteiger partial charge in [-0.2, -0.15) is 5.26 Å². The SMILES string of the molecule is CCCOCCc1nc2c(C#N)cccc2[nH]1. The molecule has 88 valence electrons. The molecule has 0 saturated heterocycles. The molecule has 0 bridgehead atoms. The smallest absolute Gasteiger partial charge is 0.109 e. The van der Waals surface area contributed by atoms with Gasteiger partial charge in [0.15, 0.2) is 0 Å². The number of para-hydroxylation sites is 1. The fourth-order valence-electron chi connectivity index (χ4n) is 1.71. The van der Waals surface area contributed by atoms with Crippen molar-refractivity contribution in [3.05, 3.63) is 29.6 Å². The van der Waals surface area contributed by atoms with Crippen LogP contribution >= 0.6 is 0 Å². The van der Waals surface area contributed by atoms with Gasteiger partial charge in [0.05, 0.1) is 17.7 Å². The molecule has 1 N–H and O–H groups in total. The summed E-state index contributed by atoms with van der Waals surface area (Å²) in [5.74, 6) is 0.874. The van der Waals surface area contributed by atoms with E-state index in [4.69, 9.17) is 10.00 Å². The summed E-state index contributed by atoms with van der Waals surface area (Å²) in [4.78, 5) is 7.63. The number of hydrogen-bond acceptors (Lipinski definition) is 3. The lowest BCUT2D eigenvalue weighted by molar-refractivity contribution is 0.137. The second-order valence-electron chi connectivity index (χ2n) is 3.86. The Morgan fingerprint density at radius 2 is 2.29 bits per heavy atom. The zero-order valence-electron chi connectivity index (χ0n) is 9.86. The maximum atomic E-state index is 8.96. The topological polar surface area (TPSA) is 61.7 Å². The van der Waals surface area contributed by atoms with Crippen LogP contribution in [0, 0.1) is 11.3 Å². The molecule has 17 heavy (non-hydrogen) atoms. The van der Waals surface area contributed by atoms with Crippen LogP contribution in [0.2, 0.25) is 0 Å². The van der Waals surface area contributed by atoms with E-state index in [-0.39, 0.29) is 0 Å². The van der Waals surface area contributed by atoms with Gasteiger partial charge >= 0.3 is 0 Å². The van der Waals surface area contributed by atoms with E-state index >= 15 is 0 Å². The van der Waals surface area contributed by atoms with E-state index in [1.54, 1.807) is 6.07 Å². The number of hydrogen-bond donors (Lipinski definition) is 1. The van der Waals surface area contributed by atoms with Gasteiger partial charge in [-0.05, 0) is 18.6 Å². The van der Waals surface area contributed by atoms with E-state index in [9.17, 15) is 0 Å². The average molecular weight is 229 g/mol. The molecule has 0 aliphatic rings. The van der Waals surface area contributed by atoms with Crippen molar-refractivity contribution in [1.82, 2.24) is 9.97 Å². The Morgan fingerprint density at radius 3 is 3.06 bits per heavy atom. The molecule has 0 unspecified atom stereocenters. The van der Waals surface area contributed by atoms with Crippen molar-refractivity contribution in [2.75, 3.05) is 13.2 Å². The van der Waals surface area contributed by atoms with Crippen LogP contribution in [0.3, 0.4) is 0 Å². The minimum absolute atomic E-state index is 0.611. The van der Waals surface area contributed by atoms with Gasteiger partial charge in [0.2, 0.25) is 0 Å². The third-order valence-corrected chi connectivity index (χ3v) is 2.51. The van der Waals surface area contributed by atoms with Crippen LogP contribution in [-0.2, 0) is 11.2 Å². The monoisotopic (exact) mass is 229 g/mol. The van der Waals surface area contributed by atoms with Crippen molar-refractivity contribution >= 4 is 11.0 Å². The van der Waals surface area contributed by atoms with Crippen LogP contribution in [0.15, 0.2) is 18.2 Å². The van der Waals surface area contributed by atoms with Gasteiger partial charge in [-0.1, -0.05) is 13.0 Å². The molecule has 0 radical (unpaired) electrons. The Hall–Kier alpha value is -1.86. The highest BCUT2D eigenvalue weighted by Gasteiger charge is 2.06. The zero-order valence-corrected chi connectivity index (χ0v) is 9.86. The second-order valence-corrected chi connectivity index (χ2v) is 3.86. The maximum absolute atomic E-state index is 8.96. The fraction of sp³-hybridized carbons (Fsp3) is 0.385. The molecule has 4 nitrogen and oxygen atoms in total. The Labute approximate surface area is 100 Å². The lowest BCUT2D eigenvalue weighted by Gasteiger charge is -1.98. The van der Waals surface area contributed by atoms with Crippen molar-refractivity contribution in [1.29, 1.82) is 5.26 Å². The van der Waals surface area contributed by atoms with Gasteiger partial charge in [0, 0.05) is 13.0 Å². The number of nitriles is 1. The third-order valence-electron chi connectivity index (χ3n) is 2.51. The standard InChI is InChI=1S/C13H15N3O/c1-2-7-17-8-6-12-15-11-5-3-4-10(9-14)13(11)16-12/h3-5H,2,6-8H2,1H3,(H,15,16). The van der Waals surface area contributed by atoms with E-state index in [1.807, 2.05) is 12.1 Å². The summed E-state index contributed by atoms with van der Waals surface area (Å²) >= 11 is 0. The van der Waals surface area contributed by atoms with Crippen molar-refractivity contribution in [3.63, 3.8) is 0 Å². The lowest BCUT2D eigenvalue weighted by atomic mass is 10.2. The van der Waals surface area contributed by atoms with Crippen LogP contribution in [0.25, 0.3) is 11.0 Å². The van der Waals surface area contributed by atoms with Gasteiger partial charge in [0.1, 0.15) is 17.4 Å². The number of aromatic amines is 1. The largest absolute Gasteiger partial charge is 0.381 e. The van der Waals surface area contributed by atoms with Gasteiger partial charge < -0.3 is 9.72 Å². The van der Waals surface area contributed by atoms with Crippen LogP contribution in [0.5, 0.6) is 0 Å². The number of imidazole rings is 1. The highest BCUT2D eigenvalue weighted by atomic mass is 16.5. The van der Waals surface area contributed by atoms with Gasteiger partial charge in [-0.3, -0.25) is 0 Å². The van der Waals surface area contributed by atoms with Crippen molar-refractivity contribution in [3.8, 4) is 6.07 Å². The molecular weight excluding hydrogens is 214 g/mol. The van der Waals surface area contributed by atoms with E-state index in [2.05, 4.69) is 23.0 Å². The molecule has 0 spiro atoms. The second kappa shape index (κ2) is 5.46. The molecule has 4 heteroatoms. The summed E-state index contributed by atoms with van der Waals surface area (Å²) in [6, 6.07) is 7.71. The molecule has 0 saturated carbocycles. The molecule has 2 aromatic rings. The maximum Gasteiger partial charge on any atom is 0.109 e. The van der Waals surface area contributed by atoms with E-state index in [1.165, 1.54) is 0 Å². The van der Waals surface area contributed by atoms with Gasteiger partial charge in [-0.15, -0.1) is 0 Å². The van der Waals surface area contributed by atoms with Crippen molar-refractivity contribution in [2.45, 2.75) is 19.8 Å². The Balaban J connectivity index is 2.12. The highest BCUT2D eigenvalue weighted by molar-refractivity contribution is 5.81. The summed E-state index contributed by atoms with van der Waals surface area (Å²) in [7, 11) is 0. The molecule has 1 heterocycles. The first-order valence-corrected chi connectivity index (χ1v) is 5.80. The predicted molar refractivity (Wildman–Crippen MR) is 65.6 cm³/mol. The minimum atomic E-state index is 0.611. The average Bonchev–Trinajstić information content (AvgIpc) is 2.77. The molecule has 1 aromatic carbocycles. The number of ether oxygens (including phenoxy) is 1. The molecule has 2 rings (SSSR count). The van der Waals surface area contributed by atoms with Crippen molar-refractivity contribution in [2.24, 2.45) is 0 Å². The molecule has 0 aliphatic carbocycles. The molecule has 0 fully saturated rings. The Morgan fingerprint density at radius 1 is 1.41 bits per heavy atom. The van der Waals surface area contributed by atoms with Gasteiger partial charge in [0.25, 0.3) is 0 Å². The van der Waals surface area contributed by atoms with Crippen LogP contribution in [0.1, 0.15) is 24.7 Å². The third kappa shape index (κ3) is 2.63. The lowest BCUT2D eigenvalue weighted by Crippen LogP contribution is -2.00. The molecule has 0 aliphatic heterocycles.